The van der Waals surface area contributed by atoms with Crippen LogP contribution in [0.25, 0.3) is 11.8 Å². The lowest BCUT2D eigenvalue weighted by molar-refractivity contribution is 0.317. The number of hydrogen-bond donors (Lipinski definition) is 1. The number of aryl methyl sites for hydroxylation is 1. The molecule has 1 N–H and O–H groups in total. The monoisotopic (exact) mass is 606 g/mol. The summed E-state index contributed by atoms with van der Waals surface area (Å²) in [5.41, 5.74) is 6.48. The van der Waals surface area contributed by atoms with Crippen LogP contribution in [-0.2, 0) is 6.42 Å². The van der Waals surface area contributed by atoms with Crippen LogP contribution in [-0.4, -0.2) is 16.3 Å². The van der Waals surface area contributed by atoms with Crippen molar-refractivity contribution in [3.8, 4) is 11.5 Å². The Kier molecular flexibility index (Phi) is 6.05. The van der Waals surface area contributed by atoms with Gasteiger partial charge in [0.2, 0.25) is 0 Å². The fourth-order valence-electron chi connectivity index (χ4n) is 5.05. The average Bonchev–Trinajstić information content (AvgIpc) is 3.20. The molecule has 2 heterocycles. The van der Waals surface area contributed by atoms with Gasteiger partial charge >= 0.3 is 0 Å². The van der Waals surface area contributed by atoms with Crippen LogP contribution in [0, 0.1) is 3.57 Å². The molecule has 0 fully saturated rings. The first kappa shape index (κ1) is 23.2. The summed E-state index contributed by atoms with van der Waals surface area (Å²) in [5, 5.41) is 10.3. The highest BCUT2D eigenvalue weighted by molar-refractivity contribution is 14.1. The molecule has 180 valence electrons. The van der Waals surface area contributed by atoms with Crippen molar-refractivity contribution in [3.05, 3.63) is 118 Å². The van der Waals surface area contributed by atoms with E-state index in [-0.39, 0.29) is 17.4 Å². The molecule has 0 spiro atoms. The van der Waals surface area contributed by atoms with Crippen LogP contribution in [0.15, 0.2) is 82.1 Å². The first-order valence-corrected chi connectivity index (χ1v) is 13.8. The van der Waals surface area contributed by atoms with Gasteiger partial charge in [-0.25, -0.2) is 4.99 Å². The van der Waals surface area contributed by atoms with E-state index in [9.17, 15) is 9.90 Å². The number of aromatic nitrogens is 1. The van der Waals surface area contributed by atoms with Gasteiger partial charge in [0.05, 0.1) is 26.4 Å². The van der Waals surface area contributed by atoms with E-state index in [0.717, 1.165) is 35.2 Å². The molecule has 36 heavy (non-hydrogen) atoms. The van der Waals surface area contributed by atoms with E-state index in [1.165, 1.54) is 22.5 Å². The quantitative estimate of drug-likeness (QED) is 0.332. The molecular formula is C29H23IN2O3S. The predicted molar refractivity (Wildman–Crippen MR) is 151 cm³/mol. The molecule has 5 nitrogen and oxygen atoms in total. The second kappa shape index (κ2) is 9.37. The summed E-state index contributed by atoms with van der Waals surface area (Å²) in [5.74, 6) is 0.532. The summed E-state index contributed by atoms with van der Waals surface area (Å²) in [6.45, 7) is 2.32. The van der Waals surface area contributed by atoms with Crippen molar-refractivity contribution >= 4 is 45.7 Å². The number of hydrogen-bond acceptors (Lipinski definition) is 5. The molecule has 0 bridgehead atoms. The minimum atomic E-state index is -0.188. The highest BCUT2D eigenvalue weighted by Crippen LogP contribution is 2.41. The SMILES string of the molecule is CCOc1cc(/C=c2\sc3n(c2=O)[C@H](c2ccccc2)C2=C(N=3)c3ccccc3CC2)cc(I)c1O. The third-order valence-corrected chi connectivity index (χ3v) is 8.44. The van der Waals surface area contributed by atoms with E-state index in [2.05, 4.69) is 59.0 Å². The van der Waals surface area contributed by atoms with Gasteiger partial charge in [0.15, 0.2) is 16.3 Å². The number of halogens is 1. The van der Waals surface area contributed by atoms with Gasteiger partial charge in [-0.15, -0.1) is 0 Å². The van der Waals surface area contributed by atoms with E-state index in [1.807, 2.05) is 41.8 Å². The Bertz CT molecular complexity index is 1700. The lowest BCUT2D eigenvalue weighted by Crippen LogP contribution is -2.38. The Labute approximate surface area is 225 Å². The first-order chi connectivity index (χ1) is 17.5. The molecule has 1 aliphatic carbocycles. The number of ether oxygens (including phenoxy) is 1. The lowest BCUT2D eigenvalue weighted by Gasteiger charge is -2.30. The lowest BCUT2D eigenvalue weighted by atomic mass is 9.83. The molecule has 1 aromatic heterocycles. The summed E-state index contributed by atoms with van der Waals surface area (Å²) < 4.78 is 8.73. The number of nitrogens with zero attached hydrogens (tertiary/aromatic N) is 2. The van der Waals surface area contributed by atoms with Crippen molar-refractivity contribution in [2.75, 3.05) is 6.61 Å². The minimum absolute atomic E-state index is 0.0564. The molecule has 1 aliphatic heterocycles. The highest BCUT2D eigenvalue weighted by atomic mass is 127. The number of allylic oxidation sites excluding steroid dienone is 1. The topological polar surface area (TPSA) is 63.8 Å². The van der Waals surface area contributed by atoms with Gasteiger partial charge in [-0.1, -0.05) is 65.9 Å². The number of benzene rings is 3. The molecule has 0 radical (unpaired) electrons. The standard InChI is InChI=1S/C29H23IN2O3S/c1-2-35-23-15-17(14-22(30)27(23)33)16-24-28(34)32-26(19-9-4-3-5-10-19)21-13-12-18-8-6-7-11-20(18)25(21)31-29(32)36-24/h3-11,14-16,26,33H,2,12-13H2,1H3/b24-16-/t26-/m1/s1. The molecular weight excluding hydrogens is 583 g/mol. The van der Waals surface area contributed by atoms with Crippen molar-refractivity contribution in [2.45, 2.75) is 25.8 Å². The summed E-state index contributed by atoms with van der Waals surface area (Å²) in [7, 11) is 0. The van der Waals surface area contributed by atoms with Crippen LogP contribution in [0.1, 0.15) is 41.6 Å². The number of aromatic hydroxyl groups is 1. The maximum Gasteiger partial charge on any atom is 0.271 e. The van der Waals surface area contributed by atoms with Crippen LogP contribution in [0.5, 0.6) is 11.5 Å². The molecule has 0 unspecified atom stereocenters. The largest absolute Gasteiger partial charge is 0.504 e. The zero-order chi connectivity index (χ0) is 24.8. The van der Waals surface area contributed by atoms with Gasteiger partial charge in [0.1, 0.15) is 0 Å². The van der Waals surface area contributed by atoms with E-state index in [1.54, 1.807) is 6.07 Å². The van der Waals surface area contributed by atoms with E-state index in [4.69, 9.17) is 9.73 Å². The predicted octanol–water partition coefficient (Wildman–Crippen LogP) is 5.03. The second-order valence-corrected chi connectivity index (χ2v) is 11.0. The fourth-order valence-corrected chi connectivity index (χ4v) is 6.68. The molecule has 6 rings (SSSR count). The summed E-state index contributed by atoms with van der Waals surface area (Å²) in [6, 6.07) is 22.1. The Morgan fingerprint density at radius 3 is 2.72 bits per heavy atom. The fraction of sp³-hybridized carbons (Fsp3) is 0.172. The number of rotatable bonds is 4. The molecule has 0 saturated heterocycles. The van der Waals surface area contributed by atoms with Crippen LogP contribution in [0.3, 0.4) is 0 Å². The molecule has 2 aliphatic rings. The Morgan fingerprint density at radius 2 is 1.92 bits per heavy atom. The molecule has 0 amide bonds. The highest BCUT2D eigenvalue weighted by Gasteiger charge is 2.32. The normalized spacial score (nSPS) is 16.7. The van der Waals surface area contributed by atoms with Gasteiger partial charge in [-0.2, -0.15) is 0 Å². The maximum absolute atomic E-state index is 13.9. The molecule has 7 heteroatoms. The van der Waals surface area contributed by atoms with Crippen molar-refractivity contribution in [3.63, 3.8) is 0 Å². The Balaban J connectivity index is 1.59. The molecule has 4 aromatic rings. The average molecular weight is 606 g/mol. The van der Waals surface area contributed by atoms with Gasteiger partial charge in [0.25, 0.3) is 5.56 Å². The second-order valence-electron chi connectivity index (χ2n) is 8.81. The third-order valence-electron chi connectivity index (χ3n) is 6.64. The number of phenols is 1. The molecule has 1 atom stereocenters. The molecule has 3 aromatic carbocycles. The van der Waals surface area contributed by atoms with Crippen molar-refractivity contribution < 1.29 is 9.84 Å². The van der Waals surface area contributed by atoms with Gasteiger partial charge in [-0.05, 0) is 82.8 Å². The van der Waals surface area contributed by atoms with Gasteiger partial charge in [0, 0.05) is 5.56 Å². The Morgan fingerprint density at radius 1 is 1.14 bits per heavy atom. The number of fused-ring (bicyclic) bond motifs is 3. The summed E-state index contributed by atoms with van der Waals surface area (Å²) >= 11 is 3.48. The van der Waals surface area contributed by atoms with Crippen molar-refractivity contribution in [1.82, 2.24) is 4.57 Å². The van der Waals surface area contributed by atoms with E-state index >= 15 is 0 Å². The smallest absolute Gasteiger partial charge is 0.271 e. The van der Waals surface area contributed by atoms with Crippen LogP contribution < -0.4 is 19.6 Å². The zero-order valence-corrected chi connectivity index (χ0v) is 22.5. The zero-order valence-electron chi connectivity index (χ0n) is 19.6. The number of thiazole rings is 1. The van der Waals surface area contributed by atoms with Crippen LogP contribution in [0.4, 0.5) is 0 Å². The van der Waals surface area contributed by atoms with Gasteiger partial charge < -0.3 is 9.84 Å². The van der Waals surface area contributed by atoms with E-state index < -0.39 is 0 Å². The Hall–Kier alpha value is -3.17. The minimum Gasteiger partial charge on any atom is -0.504 e. The van der Waals surface area contributed by atoms with E-state index in [0.29, 0.717) is 25.3 Å². The maximum atomic E-state index is 13.9. The summed E-state index contributed by atoms with van der Waals surface area (Å²) in [6.07, 6.45) is 3.67. The van der Waals surface area contributed by atoms with Crippen LogP contribution in [0.2, 0.25) is 0 Å². The van der Waals surface area contributed by atoms with Crippen molar-refractivity contribution in [1.29, 1.82) is 0 Å². The van der Waals surface area contributed by atoms with Crippen LogP contribution >= 0.6 is 33.9 Å². The van der Waals surface area contributed by atoms with Gasteiger partial charge in [-0.3, -0.25) is 9.36 Å². The third kappa shape index (κ3) is 3.90. The molecule has 0 saturated carbocycles. The van der Waals surface area contributed by atoms with Crippen molar-refractivity contribution in [2.24, 2.45) is 4.99 Å². The number of phenolic OH excluding ortho intramolecular Hbond substituents is 1. The first-order valence-electron chi connectivity index (χ1n) is 11.9. The summed E-state index contributed by atoms with van der Waals surface area (Å²) in [4.78, 5) is 19.6.